The third-order valence-electron chi connectivity index (χ3n) is 2.84. The lowest BCUT2D eigenvalue weighted by atomic mass is 10.1. The van der Waals surface area contributed by atoms with E-state index in [1.54, 1.807) is 12.1 Å². The van der Waals surface area contributed by atoms with Gasteiger partial charge in [0.05, 0.1) is 10.6 Å². The van der Waals surface area contributed by atoms with E-state index in [0.717, 1.165) is 5.69 Å². The summed E-state index contributed by atoms with van der Waals surface area (Å²) in [6.45, 7) is 2.09. The molecular formula is C15H12ClIN2. The second-order valence-electron chi connectivity index (χ2n) is 4.22. The predicted molar refractivity (Wildman–Crippen MR) is 87.4 cm³/mol. The van der Waals surface area contributed by atoms with Crippen LogP contribution < -0.4 is 5.32 Å². The molecule has 0 aliphatic rings. The minimum atomic E-state index is 0.171. The molecule has 0 saturated carbocycles. The second-order valence-corrected chi connectivity index (χ2v) is 5.88. The van der Waals surface area contributed by atoms with Gasteiger partial charge in [0.25, 0.3) is 0 Å². The van der Waals surface area contributed by atoms with Crippen molar-refractivity contribution in [1.29, 1.82) is 5.26 Å². The number of halogens is 2. The van der Waals surface area contributed by atoms with Crippen molar-refractivity contribution in [2.24, 2.45) is 0 Å². The van der Waals surface area contributed by atoms with Crippen molar-refractivity contribution in [2.45, 2.75) is 13.0 Å². The smallest absolute Gasteiger partial charge is 0.101 e. The zero-order valence-corrected chi connectivity index (χ0v) is 13.2. The number of nitrogens with zero attached hydrogens (tertiary/aromatic N) is 1. The average molecular weight is 383 g/mol. The number of hydrogen-bond acceptors (Lipinski definition) is 2. The van der Waals surface area contributed by atoms with Gasteiger partial charge in [0.2, 0.25) is 0 Å². The van der Waals surface area contributed by atoms with Crippen LogP contribution in [-0.4, -0.2) is 0 Å². The molecule has 4 heteroatoms. The molecule has 0 heterocycles. The summed E-state index contributed by atoms with van der Waals surface area (Å²) < 4.78 is 1.21. The molecular weight excluding hydrogens is 371 g/mol. The van der Waals surface area contributed by atoms with E-state index in [-0.39, 0.29) is 6.04 Å². The van der Waals surface area contributed by atoms with Crippen LogP contribution >= 0.6 is 34.2 Å². The normalized spacial score (nSPS) is 11.7. The standard InChI is InChI=1S/C15H12ClIN2/c1-10(11-2-4-13(17)5-3-11)19-14-6-7-15(16)12(8-14)9-18/h2-8,10,19H,1H3. The highest BCUT2D eigenvalue weighted by molar-refractivity contribution is 14.1. The fourth-order valence-electron chi connectivity index (χ4n) is 1.79. The molecule has 2 aromatic carbocycles. The summed E-state index contributed by atoms with van der Waals surface area (Å²) in [5.41, 5.74) is 2.59. The summed E-state index contributed by atoms with van der Waals surface area (Å²) in [6, 6.07) is 16.0. The van der Waals surface area contributed by atoms with Crippen LogP contribution in [0.2, 0.25) is 5.02 Å². The summed E-state index contributed by atoms with van der Waals surface area (Å²) in [6.07, 6.45) is 0. The lowest BCUT2D eigenvalue weighted by Gasteiger charge is -2.16. The molecule has 0 radical (unpaired) electrons. The Labute approximate surface area is 131 Å². The number of hydrogen-bond donors (Lipinski definition) is 1. The van der Waals surface area contributed by atoms with E-state index < -0.39 is 0 Å². The van der Waals surface area contributed by atoms with E-state index in [0.29, 0.717) is 10.6 Å². The van der Waals surface area contributed by atoms with Crippen LogP contribution in [0.4, 0.5) is 5.69 Å². The van der Waals surface area contributed by atoms with Crippen molar-refractivity contribution in [2.75, 3.05) is 5.32 Å². The summed E-state index contributed by atoms with van der Waals surface area (Å²) in [5, 5.41) is 12.8. The molecule has 0 aliphatic carbocycles. The molecule has 0 aliphatic heterocycles. The molecule has 96 valence electrons. The first kappa shape index (κ1) is 14.2. The molecule has 0 amide bonds. The molecule has 0 aromatic heterocycles. The fraction of sp³-hybridized carbons (Fsp3) is 0.133. The maximum Gasteiger partial charge on any atom is 0.101 e. The van der Waals surface area contributed by atoms with Crippen LogP contribution in [0.5, 0.6) is 0 Å². The largest absolute Gasteiger partial charge is 0.378 e. The quantitative estimate of drug-likeness (QED) is 0.759. The monoisotopic (exact) mass is 382 g/mol. The van der Waals surface area contributed by atoms with E-state index in [2.05, 4.69) is 65.2 Å². The van der Waals surface area contributed by atoms with Gasteiger partial charge in [-0.05, 0) is 65.4 Å². The molecule has 2 aromatic rings. The lowest BCUT2D eigenvalue weighted by molar-refractivity contribution is 0.884. The van der Waals surface area contributed by atoms with Gasteiger partial charge >= 0.3 is 0 Å². The van der Waals surface area contributed by atoms with Crippen LogP contribution in [0, 0.1) is 14.9 Å². The van der Waals surface area contributed by atoms with E-state index >= 15 is 0 Å². The summed E-state index contributed by atoms with van der Waals surface area (Å²) >= 11 is 8.20. The van der Waals surface area contributed by atoms with Gasteiger partial charge in [-0.2, -0.15) is 5.26 Å². The average Bonchev–Trinajstić information content (AvgIpc) is 2.41. The van der Waals surface area contributed by atoms with Crippen molar-refractivity contribution in [3.63, 3.8) is 0 Å². The predicted octanol–water partition coefficient (Wildman–Crippen LogP) is 4.99. The SMILES string of the molecule is CC(Nc1ccc(Cl)c(C#N)c1)c1ccc(I)cc1. The van der Waals surface area contributed by atoms with Crippen LogP contribution in [0.3, 0.4) is 0 Å². The Morgan fingerprint density at radius 2 is 1.89 bits per heavy atom. The molecule has 0 saturated heterocycles. The topological polar surface area (TPSA) is 35.8 Å². The molecule has 2 rings (SSSR count). The fourth-order valence-corrected chi connectivity index (χ4v) is 2.30. The zero-order valence-electron chi connectivity index (χ0n) is 10.3. The highest BCUT2D eigenvalue weighted by Gasteiger charge is 2.07. The first-order valence-corrected chi connectivity index (χ1v) is 7.27. The van der Waals surface area contributed by atoms with Crippen LogP contribution in [0.15, 0.2) is 42.5 Å². The number of nitrogens with one attached hydrogen (secondary N) is 1. The molecule has 1 N–H and O–H groups in total. The Morgan fingerprint density at radius 3 is 2.53 bits per heavy atom. The van der Waals surface area contributed by atoms with Gasteiger partial charge in [-0.3, -0.25) is 0 Å². The van der Waals surface area contributed by atoms with Gasteiger partial charge < -0.3 is 5.32 Å². The Morgan fingerprint density at radius 1 is 1.21 bits per heavy atom. The van der Waals surface area contributed by atoms with Gasteiger partial charge in [0.15, 0.2) is 0 Å². The highest BCUT2D eigenvalue weighted by Crippen LogP contribution is 2.24. The van der Waals surface area contributed by atoms with Crippen LogP contribution in [0.25, 0.3) is 0 Å². The van der Waals surface area contributed by atoms with Crippen molar-refractivity contribution >= 4 is 39.9 Å². The molecule has 2 nitrogen and oxygen atoms in total. The van der Waals surface area contributed by atoms with Crippen molar-refractivity contribution in [3.05, 3.63) is 62.2 Å². The number of benzene rings is 2. The molecule has 0 fully saturated rings. The summed E-state index contributed by atoms with van der Waals surface area (Å²) in [5.74, 6) is 0. The van der Waals surface area contributed by atoms with E-state index in [1.807, 2.05) is 6.07 Å². The Balaban J connectivity index is 2.17. The minimum Gasteiger partial charge on any atom is -0.378 e. The molecule has 0 bridgehead atoms. The Bertz CT molecular complexity index is 617. The molecule has 1 atom stereocenters. The van der Waals surface area contributed by atoms with E-state index in [9.17, 15) is 0 Å². The molecule has 1 unspecified atom stereocenters. The van der Waals surface area contributed by atoms with Gasteiger partial charge in [-0.25, -0.2) is 0 Å². The molecule has 0 spiro atoms. The first-order valence-electron chi connectivity index (χ1n) is 5.82. The van der Waals surface area contributed by atoms with E-state index in [1.165, 1.54) is 9.13 Å². The highest BCUT2D eigenvalue weighted by atomic mass is 127. The summed E-state index contributed by atoms with van der Waals surface area (Å²) in [4.78, 5) is 0. The van der Waals surface area contributed by atoms with Crippen molar-refractivity contribution in [3.8, 4) is 6.07 Å². The number of anilines is 1. The third-order valence-corrected chi connectivity index (χ3v) is 3.89. The molecule has 19 heavy (non-hydrogen) atoms. The van der Waals surface area contributed by atoms with Gasteiger partial charge in [0.1, 0.15) is 6.07 Å². The summed E-state index contributed by atoms with van der Waals surface area (Å²) in [7, 11) is 0. The lowest BCUT2D eigenvalue weighted by Crippen LogP contribution is -2.06. The minimum absolute atomic E-state index is 0.171. The third kappa shape index (κ3) is 3.62. The second kappa shape index (κ2) is 6.27. The van der Waals surface area contributed by atoms with E-state index in [4.69, 9.17) is 16.9 Å². The maximum absolute atomic E-state index is 8.96. The number of nitriles is 1. The first-order chi connectivity index (χ1) is 9.10. The Hall–Kier alpha value is -1.25. The van der Waals surface area contributed by atoms with Crippen molar-refractivity contribution < 1.29 is 0 Å². The van der Waals surface area contributed by atoms with Gasteiger partial charge in [0, 0.05) is 15.3 Å². The Kier molecular flexibility index (Phi) is 4.67. The van der Waals surface area contributed by atoms with Crippen LogP contribution in [-0.2, 0) is 0 Å². The van der Waals surface area contributed by atoms with Gasteiger partial charge in [-0.15, -0.1) is 0 Å². The maximum atomic E-state index is 8.96. The zero-order chi connectivity index (χ0) is 13.8. The van der Waals surface area contributed by atoms with Crippen molar-refractivity contribution in [1.82, 2.24) is 0 Å². The van der Waals surface area contributed by atoms with Crippen LogP contribution in [0.1, 0.15) is 24.1 Å². The van der Waals surface area contributed by atoms with Gasteiger partial charge in [-0.1, -0.05) is 23.7 Å². The number of rotatable bonds is 3.